The van der Waals surface area contributed by atoms with Gasteiger partial charge in [0.05, 0.1) is 19.6 Å². The van der Waals surface area contributed by atoms with Crippen molar-refractivity contribution < 1.29 is 14.3 Å². The zero-order chi connectivity index (χ0) is 18.2. The van der Waals surface area contributed by atoms with Crippen LogP contribution in [0, 0.1) is 5.92 Å². The van der Waals surface area contributed by atoms with Crippen molar-refractivity contribution in [2.24, 2.45) is 5.92 Å². The van der Waals surface area contributed by atoms with Gasteiger partial charge in [-0.25, -0.2) is 0 Å². The molecule has 0 spiro atoms. The second-order valence-corrected chi connectivity index (χ2v) is 19.4. The summed E-state index contributed by atoms with van der Waals surface area (Å²) >= 11 is 0. The van der Waals surface area contributed by atoms with Crippen molar-refractivity contribution in [2.45, 2.75) is 42.7 Å². The zero-order valence-electron chi connectivity index (χ0n) is 14.6. The van der Waals surface area contributed by atoms with Gasteiger partial charge in [-0.3, -0.25) is 4.79 Å². The summed E-state index contributed by atoms with van der Waals surface area (Å²) in [5.74, 6) is -1.53. The Balaban J connectivity index is 3.36. The van der Waals surface area contributed by atoms with E-state index in [-0.39, 0.29) is 6.10 Å². The normalized spacial score (nSPS) is 22.8. The van der Waals surface area contributed by atoms with Crippen LogP contribution in [0.4, 0.5) is 0 Å². The van der Waals surface area contributed by atoms with Crippen LogP contribution in [0.15, 0.2) is 63.3 Å². The fraction of sp³-hybridized carbons (Fsp3) is 0.421. The molecule has 0 bridgehead atoms. The number of carbonyl (C=O) groups is 1. The van der Waals surface area contributed by atoms with Crippen molar-refractivity contribution in [3.05, 3.63) is 63.3 Å². The highest BCUT2D eigenvalue weighted by atomic mass is 29.3. The molecule has 132 valence electrons. The maximum absolute atomic E-state index is 11.6. The van der Waals surface area contributed by atoms with E-state index in [1.807, 2.05) is 24.3 Å². The van der Waals surface area contributed by atoms with Gasteiger partial charge in [-0.2, -0.15) is 0 Å². The van der Waals surface area contributed by atoms with Crippen LogP contribution < -0.4 is 0 Å². The summed E-state index contributed by atoms with van der Waals surface area (Å²) < 4.78 is 6.70. The molecule has 0 aliphatic carbocycles. The van der Waals surface area contributed by atoms with Crippen LogP contribution in [0.25, 0.3) is 0 Å². The van der Waals surface area contributed by atoms with E-state index in [0.717, 1.165) is 36.6 Å². The Kier molecular flexibility index (Phi) is 7.86. The molecule has 1 aliphatic rings. The van der Waals surface area contributed by atoms with Gasteiger partial charge in [0.15, 0.2) is 7.83 Å². The summed E-state index contributed by atoms with van der Waals surface area (Å²) in [5, 5.41) is 9.50. The van der Waals surface area contributed by atoms with E-state index in [1.165, 1.54) is 6.08 Å². The monoisotopic (exact) mass is 362 g/mol. The first kappa shape index (κ1) is 20.6. The molecule has 0 saturated carbocycles. The second kappa shape index (κ2) is 9.15. The molecule has 0 aromatic rings. The van der Waals surface area contributed by atoms with Gasteiger partial charge in [-0.1, -0.05) is 36.4 Å². The minimum atomic E-state index is -2.24. The third-order valence-corrected chi connectivity index (χ3v) is 22.5. The predicted molar refractivity (Wildman–Crippen MR) is 107 cm³/mol. The van der Waals surface area contributed by atoms with Gasteiger partial charge >= 0.3 is 5.97 Å². The molecule has 5 heteroatoms. The molecule has 3 nitrogen and oxygen atoms in total. The summed E-state index contributed by atoms with van der Waals surface area (Å²) in [4.78, 5) is 11.6. The molecule has 1 aliphatic heterocycles. The lowest BCUT2D eigenvalue weighted by Crippen LogP contribution is -2.68. The van der Waals surface area contributed by atoms with E-state index in [2.05, 4.69) is 32.9 Å². The highest BCUT2D eigenvalue weighted by molar-refractivity contribution is 7.40. The molecule has 1 rings (SSSR count). The molecule has 24 heavy (non-hydrogen) atoms. The van der Waals surface area contributed by atoms with Crippen LogP contribution in [0.2, 0.25) is 30.2 Å². The van der Waals surface area contributed by atoms with E-state index >= 15 is 0 Å². The lowest BCUT2D eigenvalue weighted by atomic mass is 10.0. The molecular weight excluding hydrogens is 332 g/mol. The predicted octanol–water partition coefficient (Wildman–Crippen LogP) is 4.88. The van der Waals surface area contributed by atoms with Crippen molar-refractivity contribution in [1.82, 2.24) is 0 Å². The van der Waals surface area contributed by atoms with Crippen molar-refractivity contribution in [3.63, 3.8) is 0 Å². The van der Waals surface area contributed by atoms with Crippen LogP contribution in [0.5, 0.6) is 0 Å². The SMILES string of the molecule is C=CC[Si]1(CC=C)CCC(C(C=C)C(=O)O)O[Si]1(CC=C)CC=C. The topological polar surface area (TPSA) is 46.5 Å². The number of carboxylic acids is 1. The molecular formula is C19H30O3Si2. The van der Waals surface area contributed by atoms with E-state index in [0.29, 0.717) is 0 Å². The minimum absolute atomic E-state index is 0.304. The average Bonchev–Trinajstić information content (AvgIpc) is 2.52. The maximum Gasteiger partial charge on any atom is 0.312 e. The van der Waals surface area contributed by atoms with Crippen molar-refractivity contribution in [1.29, 1.82) is 0 Å². The van der Waals surface area contributed by atoms with Crippen LogP contribution in [-0.4, -0.2) is 32.6 Å². The lowest BCUT2D eigenvalue weighted by Gasteiger charge is -2.53. The molecule has 2 unspecified atom stereocenters. The first-order valence-electron chi connectivity index (χ1n) is 8.42. The fourth-order valence-corrected chi connectivity index (χ4v) is 20.6. The molecule has 1 saturated heterocycles. The summed E-state index contributed by atoms with van der Waals surface area (Å²) in [7, 11) is -4.07. The van der Waals surface area contributed by atoms with Gasteiger partial charge in [0.2, 0.25) is 0 Å². The Morgan fingerprint density at radius 3 is 1.92 bits per heavy atom. The van der Waals surface area contributed by atoms with E-state index in [1.54, 1.807) is 0 Å². The number of hydrogen-bond donors (Lipinski definition) is 1. The fourth-order valence-electron chi connectivity index (χ4n) is 4.08. The zero-order valence-corrected chi connectivity index (χ0v) is 16.6. The first-order chi connectivity index (χ1) is 11.5. The van der Waals surface area contributed by atoms with Crippen molar-refractivity contribution in [3.8, 4) is 0 Å². The molecule has 0 amide bonds. The van der Waals surface area contributed by atoms with Crippen LogP contribution in [0.3, 0.4) is 0 Å². The average molecular weight is 363 g/mol. The van der Waals surface area contributed by atoms with Crippen molar-refractivity contribution in [2.75, 3.05) is 0 Å². The van der Waals surface area contributed by atoms with E-state index in [9.17, 15) is 9.90 Å². The summed E-state index contributed by atoms with van der Waals surface area (Å²) in [6.45, 7) is 19.5. The van der Waals surface area contributed by atoms with Gasteiger partial charge in [0.1, 0.15) is 0 Å². The number of allylic oxidation sites excluding steroid dienone is 4. The smallest absolute Gasteiger partial charge is 0.312 e. The summed E-state index contributed by atoms with van der Waals surface area (Å²) in [6.07, 6.45) is 9.86. The Hall–Kier alpha value is -1.44. The first-order valence-corrected chi connectivity index (χ1v) is 14.4. The van der Waals surface area contributed by atoms with Crippen LogP contribution in [-0.2, 0) is 9.22 Å². The second-order valence-electron chi connectivity index (χ2n) is 6.54. The molecule has 1 N–H and O–H groups in total. The van der Waals surface area contributed by atoms with Crippen LogP contribution in [0.1, 0.15) is 6.42 Å². The Morgan fingerprint density at radius 1 is 1.04 bits per heavy atom. The third-order valence-electron chi connectivity index (χ3n) is 5.21. The molecule has 0 aromatic heterocycles. The van der Waals surface area contributed by atoms with E-state index in [4.69, 9.17) is 4.43 Å². The van der Waals surface area contributed by atoms with Gasteiger partial charge in [-0.15, -0.1) is 32.9 Å². The standard InChI is InChI=1S/C19H30O3Si2/c1-6-12-23(13-7-2)16-11-18(17(10-5)19(20)21)22-24(23,14-8-3)15-9-4/h6-10,17-18H,1-5,11-16H2,(H,20,21). The highest BCUT2D eigenvalue weighted by Gasteiger charge is 2.58. The molecule has 1 heterocycles. The Labute approximate surface area is 148 Å². The largest absolute Gasteiger partial charge is 0.481 e. The third kappa shape index (κ3) is 3.96. The number of hydrogen-bond acceptors (Lipinski definition) is 2. The van der Waals surface area contributed by atoms with Gasteiger partial charge in [0, 0.05) is 0 Å². The number of carboxylic acid groups (broad SMARTS) is 1. The Morgan fingerprint density at radius 2 is 1.54 bits per heavy atom. The van der Waals surface area contributed by atoms with Crippen molar-refractivity contribution >= 4 is 21.4 Å². The molecule has 0 radical (unpaired) electrons. The lowest BCUT2D eigenvalue weighted by molar-refractivity contribution is -0.143. The number of rotatable bonds is 11. The Bertz CT molecular complexity index is 493. The molecule has 2 atom stereocenters. The highest BCUT2D eigenvalue weighted by Crippen LogP contribution is 2.45. The minimum Gasteiger partial charge on any atom is -0.481 e. The molecule has 1 fully saturated rings. The quantitative estimate of drug-likeness (QED) is 0.421. The summed E-state index contributed by atoms with van der Waals surface area (Å²) in [5.41, 5.74) is 0. The van der Waals surface area contributed by atoms with Crippen LogP contribution >= 0.6 is 0 Å². The van der Waals surface area contributed by atoms with E-state index < -0.39 is 27.3 Å². The van der Waals surface area contributed by atoms with Gasteiger partial charge in [0.25, 0.3) is 0 Å². The van der Waals surface area contributed by atoms with Gasteiger partial charge in [-0.05, 0) is 30.6 Å². The number of aliphatic carboxylic acids is 1. The van der Waals surface area contributed by atoms with Gasteiger partial charge < -0.3 is 9.53 Å². The maximum atomic E-state index is 11.6. The molecule has 0 aromatic carbocycles. The summed E-state index contributed by atoms with van der Waals surface area (Å²) in [6, 6.07) is 4.65.